The summed E-state index contributed by atoms with van der Waals surface area (Å²) in [6.07, 6.45) is -2.08. The van der Waals surface area contributed by atoms with E-state index in [-0.39, 0.29) is 16.5 Å². The fraction of sp³-hybridized carbons (Fsp3) is 0.227. The van der Waals surface area contributed by atoms with Crippen LogP contribution in [0.5, 0.6) is 5.75 Å². The molecule has 0 atom stereocenters. The van der Waals surface area contributed by atoms with Crippen LogP contribution in [-0.4, -0.2) is 52.1 Å². The molecular weight excluding hydrogens is 445 g/mol. The molecular formula is C22H18ClF3N4O2. The van der Waals surface area contributed by atoms with E-state index in [2.05, 4.69) is 16.5 Å². The minimum absolute atomic E-state index is 0.0237. The monoisotopic (exact) mass is 462 g/mol. The summed E-state index contributed by atoms with van der Waals surface area (Å²) >= 11 is 6.41. The van der Waals surface area contributed by atoms with Crippen LogP contribution in [0.3, 0.4) is 0 Å². The molecule has 1 saturated heterocycles. The first-order chi connectivity index (χ1) is 15.2. The summed E-state index contributed by atoms with van der Waals surface area (Å²) in [4.78, 5) is 24.0. The van der Waals surface area contributed by atoms with Crippen LogP contribution >= 0.6 is 11.6 Å². The Labute approximate surface area is 186 Å². The van der Waals surface area contributed by atoms with Crippen molar-refractivity contribution in [1.29, 1.82) is 0 Å². The molecule has 166 valence electrons. The SMILES string of the molecule is C=CC(=O)N1CCN(c2ncnc3cc(-c4c(O)cccc4C(F)(F)F)c(Cl)cc23)CC1. The van der Waals surface area contributed by atoms with Crippen molar-refractivity contribution < 1.29 is 23.1 Å². The molecule has 2 aromatic carbocycles. The molecule has 1 amide bonds. The number of phenols is 1. The van der Waals surface area contributed by atoms with E-state index in [0.29, 0.717) is 42.9 Å². The fourth-order valence-electron chi connectivity index (χ4n) is 3.83. The summed E-state index contributed by atoms with van der Waals surface area (Å²) in [6, 6.07) is 6.14. The Balaban J connectivity index is 1.77. The molecule has 1 aromatic heterocycles. The number of hydrogen-bond acceptors (Lipinski definition) is 5. The molecule has 0 unspecified atom stereocenters. The Hall–Kier alpha value is -3.33. The highest BCUT2D eigenvalue weighted by atomic mass is 35.5. The molecule has 32 heavy (non-hydrogen) atoms. The Morgan fingerprint density at radius 3 is 2.53 bits per heavy atom. The Morgan fingerprint density at radius 2 is 1.88 bits per heavy atom. The summed E-state index contributed by atoms with van der Waals surface area (Å²) in [5, 5.41) is 10.8. The molecule has 0 radical (unpaired) electrons. The Morgan fingerprint density at radius 1 is 1.16 bits per heavy atom. The van der Waals surface area contributed by atoms with Crippen LogP contribution in [0.4, 0.5) is 19.0 Å². The van der Waals surface area contributed by atoms with Crippen molar-refractivity contribution in [3.05, 3.63) is 59.9 Å². The van der Waals surface area contributed by atoms with Crippen LogP contribution in [0.15, 0.2) is 49.3 Å². The first kappa shape index (κ1) is 21.9. The average molecular weight is 463 g/mol. The second-order valence-corrected chi connectivity index (χ2v) is 7.67. The van der Waals surface area contributed by atoms with Gasteiger partial charge in [0.2, 0.25) is 5.91 Å². The lowest BCUT2D eigenvalue weighted by molar-refractivity contribution is -0.137. The fourth-order valence-corrected chi connectivity index (χ4v) is 4.09. The molecule has 0 spiro atoms. The summed E-state index contributed by atoms with van der Waals surface area (Å²) in [5.41, 5.74) is -0.981. The van der Waals surface area contributed by atoms with Crippen molar-refractivity contribution in [2.75, 3.05) is 31.1 Å². The molecule has 3 aromatic rings. The van der Waals surface area contributed by atoms with Crippen molar-refractivity contribution in [1.82, 2.24) is 14.9 Å². The summed E-state index contributed by atoms with van der Waals surface area (Å²) in [7, 11) is 0. The van der Waals surface area contributed by atoms with E-state index in [1.807, 2.05) is 4.90 Å². The third-order valence-electron chi connectivity index (χ3n) is 5.39. The molecule has 10 heteroatoms. The van der Waals surface area contributed by atoms with Crippen molar-refractivity contribution in [2.45, 2.75) is 6.18 Å². The predicted molar refractivity (Wildman–Crippen MR) is 116 cm³/mol. The lowest BCUT2D eigenvalue weighted by Crippen LogP contribution is -2.48. The highest BCUT2D eigenvalue weighted by Crippen LogP contribution is 2.45. The number of piperazine rings is 1. The molecule has 0 saturated carbocycles. The number of anilines is 1. The summed E-state index contributed by atoms with van der Waals surface area (Å²) < 4.78 is 40.7. The normalized spacial score (nSPS) is 14.6. The van der Waals surface area contributed by atoms with Gasteiger partial charge >= 0.3 is 6.18 Å². The van der Waals surface area contributed by atoms with Gasteiger partial charge in [-0.25, -0.2) is 9.97 Å². The van der Waals surface area contributed by atoms with E-state index in [1.54, 1.807) is 4.90 Å². The van der Waals surface area contributed by atoms with Crippen LogP contribution in [0.2, 0.25) is 5.02 Å². The number of fused-ring (bicyclic) bond motifs is 1. The van der Waals surface area contributed by atoms with Crippen molar-refractivity contribution in [3.63, 3.8) is 0 Å². The lowest BCUT2D eigenvalue weighted by Gasteiger charge is -2.35. The van der Waals surface area contributed by atoms with Gasteiger partial charge in [-0.15, -0.1) is 0 Å². The number of rotatable bonds is 3. The van der Waals surface area contributed by atoms with Gasteiger partial charge in [0.1, 0.15) is 17.9 Å². The number of halogens is 4. The van der Waals surface area contributed by atoms with Gasteiger partial charge in [0.25, 0.3) is 0 Å². The molecule has 2 heterocycles. The minimum atomic E-state index is -4.67. The van der Waals surface area contributed by atoms with Gasteiger partial charge in [-0.3, -0.25) is 4.79 Å². The van der Waals surface area contributed by atoms with Crippen LogP contribution in [0.1, 0.15) is 5.56 Å². The maximum atomic E-state index is 13.6. The van der Waals surface area contributed by atoms with Crippen molar-refractivity contribution >= 4 is 34.2 Å². The number of nitrogens with zero attached hydrogens (tertiary/aromatic N) is 4. The molecule has 1 fully saturated rings. The molecule has 0 bridgehead atoms. The molecule has 1 N–H and O–H groups in total. The zero-order valence-corrected chi connectivity index (χ0v) is 17.5. The molecule has 1 aliphatic rings. The van der Waals surface area contributed by atoms with E-state index in [9.17, 15) is 23.1 Å². The summed E-state index contributed by atoms with van der Waals surface area (Å²) in [6.45, 7) is 5.49. The Kier molecular flexibility index (Phi) is 5.68. The molecule has 4 rings (SSSR count). The number of carbonyl (C=O) groups is 1. The molecule has 6 nitrogen and oxygen atoms in total. The number of benzene rings is 2. The Bertz CT molecular complexity index is 1210. The van der Waals surface area contributed by atoms with Crippen LogP contribution in [-0.2, 0) is 11.0 Å². The zero-order chi connectivity index (χ0) is 23.0. The van der Waals surface area contributed by atoms with Crippen LogP contribution < -0.4 is 4.90 Å². The van der Waals surface area contributed by atoms with E-state index >= 15 is 0 Å². The second-order valence-electron chi connectivity index (χ2n) is 7.26. The number of aromatic hydroxyl groups is 1. The highest BCUT2D eigenvalue weighted by Gasteiger charge is 2.35. The standard InChI is InChI=1S/C22H18ClF3N4O2/c1-2-19(32)29-6-8-30(9-7-29)21-14-10-16(23)13(11-17(14)27-12-28-21)20-15(22(24,25)26)4-3-5-18(20)31/h2-5,10-12,31H,1,6-9H2. The number of amides is 1. The molecule has 0 aliphatic carbocycles. The topological polar surface area (TPSA) is 69.6 Å². The van der Waals surface area contributed by atoms with E-state index in [1.165, 1.54) is 30.6 Å². The lowest BCUT2D eigenvalue weighted by atomic mass is 9.97. The first-order valence-corrected chi connectivity index (χ1v) is 10.1. The van der Waals surface area contributed by atoms with Crippen molar-refractivity contribution in [2.24, 2.45) is 0 Å². The number of aromatic nitrogens is 2. The van der Waals surface area contributed by atoms with E-state index in [4.69, 9.17) is 11.6 Å². The van der Waals surface area contributed by atoms with Gasteiger partial charge < -0.3 is 14.9 Å². The maximum Gasteiger partial charge on any atom is 0.417 e. The van der Waals surface area contributed by atoms with Gasteiger partial charge in [0.15, 0.2) is 0 Å². The predicted octanol–water partition coefficient (Wildman–Crippen LogP) is 4.51. The number of carbonyl (C=O) groups excluding carboxylic acids is 1. The van der Waals surface area contributed by atoms with Crippen molar-refractivity contribution in [3.8, 4) is 16.9 Å². The van der Waals surface area contributed by atoms with E-state index < -0.39 is 23.1 Å². The molecule has 1 aliphatic heterocycles. The first-order valence-electron chi connectivity index (χ1n) is 9.71. The average Bonchev–Trinajstić information content (AvgIpc) is 2.77. The number of phenolic OH excluding ortho intramolecular Hbond substituents is 1. The van der Waals surface area contributed by atoms with Gasteiger partial charge in [-0.05, 0) is 30.3 Å². The third kappa shape index (κ3) is 3.95. The zero-order valence-electron chi connectivity index (χ0n) is 16.7. The smallest absolute Gasteiger partial charge is 0.417 e. The largest absolute Gasteiger partial charge is 0.507 e. The quantitative estimate of drug-likeness (QED) is 0.580. The van der Waals surface area contributed by atoms with Crippen LogP contribution in [0.25, 0.3) is 22.0 Å². The van der Waals surface area contributed by atoms with Gasteiger partial charge in [-0.1, -0.05) is 24.2 Å². The van der Waals surface area contributed by atoms with Gasteiger partial charge in [-0.2, -0.15) is 13.2 Å². The second kappa shape index (κ2) is 8.31. The van der Waals surface area contributed by atoms with Gasteiger partial charge in [0.05, 0.1) is 11.1 Å². The maximum absolute atomic E-state index is 13.6. The number of alkyl halides is 3. The minimum Gasteiger partial charge on any atom is -0.507 e. The van der Waals surface area contributed by atoms with Crippen LogP contribution in [0, 0.1) is 0 Å². The third-order valence-corrected chi connectivity index (χ3v) is 5.70. The van der Waals surface area contributed by atoms with E-state index in [0.717, 1.165) is 12.1 Å². The highest BCUT2D eigenvalue weighted by molar-refractivity contribution is 6.34. The summed E-state index contributed by atoms with van der Waals surface area (Å²) in [5.74, 6) is -0.103. The number of hydrogen-bond donors (Lipinski definition) is 1. The van der Waals surface area contributed by atoms with Gasteiger partial charge in [0, 0.05) is 47.7 Å².